The quantitative estimate of drug-likeness (QED) is 0.724. The fourth-order valence-electron chi connectivity index (χ4n) is 3.45. The van der Waals surface area contributed by atoms with E-state index in [0.717, 1.165) is 50.1 Å². The zero-order valence-electron chi connectivity index (χ0n) is 17.8. The molecule has 1 aromatic rings. The van der Waals surface area contributed by atoms with Gasteiger partial charge in [-0.2, -0.15) is 0 Å². The van der Waals surface area contributed by atoms with E-state index in [2.05, 4.69) is 39.4 Å². The smallest absolute Gasteiger partial charge is 0.320 e. The van der Waals surface area contributed by atoms with Crippen LogP contribution < -0.4 is 5.32 Å². The molecule has 3 rings (SSSR count). The highest BCUT2D eigenvalue weighted by Gasteiger charge is 2.15. The third-order valence-electron chi connectivity index (χ3n) is 4.81. The normalized spacial score (nSPS) is 17.3. The summed E-state index contributed by atoms with van der Waals surface area (Å²) in [6.07, 6.45) is 1.92. The van der Waals surface area contributed by atoms with E-state index in [4.69, 9.17) is 9.47 Å². The number of benzene rings is 1. The van der Waals surface area contributed by atoms with Gasteiger partial charge in [0.1, 0.15) is 0 Å². The number of carbonyl (C=O) groups excluding carboxylic acids is 2. The van der Waals surface area contributed by atoms with E-state index in [9.17, 15) is 9.59 Å². The standard InChI is InChI=1S/C22H35N3O4/c1-3-28-21(26)17-24-13-5-11-23-12-6-14-25(18-22(27)29-4-2)16-20-9-7-19(15-24)8-10-20/h7-10,23H,3-6,11-18H2,1-2H3. The van der Waals surface area contributed by atoms with Crippen molar-refractivity contribution in [1.82, 2.24) is 15.1 Å². The lowest BCUT2D eigenvalue weighted by atomic mass is 10.1. The van der Waals surface area contributed by atoms with Crippen LogP contribution >= 0.6 is 0 Å². The van der Waals surface area contributed by atoms with Crippen LogP contribution in [-0.4, -0.2) is 74.2 Å². The lowest BCUT2D eigenvalue weighted by Gasteiger charge is -2.22. The molecule has 0 aliphatic carbocycles. The molecule has 2 aliphatic rings. The second-order valence-electron chi connectivity index (χ2n) is 7.30. The molecular formula is C22H35N3O4. The molecule has 0 unspecified atom stereocenters. The summed E-state index contributed by atoms with van der Waals surface area (Å²) in [7, 11) is 0. The van der Waals surface area contributed by atoms with Crippen molar-refractivity contribution >= 4 is 11.9 Å². The van der Waals surface area contributed by atoms with E-state index in [0.29, 0.717) is 39.4 Å². The first kappa shape index (κ1) is 23.3. The van der Waals surface area contributed by atoms with Crippen molar-refractivity contribution in [1.29, 1.82) is 0 Å². The van der Waals surface area contributed by atoms with Crippen LogP contribution in [-0.2, 0) is 32.2 Å². The Morgan fingerprint density at radius 2 is 1.24 bits per heavy atom. The van der Waals surface area contributed by atoms with Crippen LogP contribution in [0.4, 0.5) is 0 Å². The number of esters is 2. The predicted molar refractivity (Wildman–Crippen MR) is 112 cm³/mol. The minimum atomic E-state index is -0.176. The Morgan fingerprint density at radius 1 is 0.828 bits per heavy atom. The summed E-state index contributed by atoms with van der Waals surface area (Å²) in [5.74, 6) is -0.353. The van der Waals surface area contributed by atoms with Crippen molar-refractivity contribution in [2.24, 2.45) is 0 Å². The predicted octanol–water partition coefficient (Wildman–Crippen LogP) is 1.80. The molecule has 1 aromatic carbocycles. The average molecular weight is 406 g/mol. The third kappa shape index (κ3) is 9.39. The fraction of sp³-hybridized carbons (Fsp3) is 0.636. The van der Waals surface area contributed by atoms with Gasteiger partial charge in [0.2, 0.25) is 0 Å². The third-order valence-corrected chi connectivity index (χ3v) is 4.81. The molecule has 162 valence electrons. The highest BCUT2D eigenvalue weighted by molar-refractivity contribution is 5.72. The molecule has 0 spiro atoms. The van der Waals surface area contributed by atoms with Gasteiger partial charge in [0.05, 0.1) is 26.3 Å². The minimum absolute atomic E-state index is 0.176. The summed E-state index contributed by atoms with van der Waals surface area (Å²) in [6.45, 7) is 9.99. The van der Waals surface area contributed by atoms with Gasteiger partial charge >= 0.3 is 11.9 Å². The summed E-state index contributed by atoms with van der Waals surface area (Å²) in [5, 5.41) is 3.46. The first-order chi connectivity index (χ1) is 14.1. The number of ether oxygens (including phenoxy) is 2. The Morgan fingerprint density at radius 3 is 1.62 bits per heavy atom. The number of hydrogen-bond acceptors (Lipinski definition) is 7. The monoisotopic (exact) mass is 405 g/mol. The maximum atomic E-state index is 11.9. The Bertz CT molecular complexity index is 568. The molecular weight excluding hydrogens is 370 g/mol. The summed E-state index contributed by atoms with van der Waals surface area (Å²) in [5.41, 5.74) is 2.33. The van der Waals surface area contributed by atoms with Crippen molar-refractivity contribution in [2.75, 3.05) is 52.5 Å². The largest absolute Gasteiger partial charge is 0.465 e. The summed E-state index contributed by atoms with van der Waals surface area (Å²) < 4.78 is 10.2. The summed E-state index contributed by atoms with van der Waals surface area (Å²) in [4.78, 5) is 28.2. The fourth-order valence-corrected chi connectivity index (χ4v) is 3.45. The van der Waals surface area contributed by atoms with Gasteiger partial charge in [-0.15, -0.1) is 0 Å². The molecule has 7 nitrogen and oxygen atoms in total. The van der Waals surface area contributed by atoms with E-state index in [1.165, 1.54) is 0 Å². The van der Waals surface area contributed by atoms with Gasteiger partial charge in [-0.05, 0) is 50.9 Å². The van der Waals surface area contributed by atoms with Crippen LogP contribution in [0.25, 0.3) is 0 Å². The van der Waals surface area contributed by atoms with Crippen molar-refractivity contribution < 1.29 is 19.1 Å². The molecule has 2 aliphatic heterocycles. The number of carbonyl (C=O) groups is 2. The van der Waals surface area contributed by atoms with Crippen LogP contribution in [0.1, 0.15) is 37.8 Å². The van der Waals surface area contributed by atoms with Gasteiger partial charge in [-0.3, -0.25) is 19.4 Å². The van der Waals surface area contributed by atoms with E-state index in [-0.39, 0.29) is 11.9 Å². The zero-order valence-corrected chi connectivity index (χ0v) is 17.8. The van der Waals surface area contributed by atoms with E-state index in [1.807, 2.05) is 13.8 Å². The molecule has 0 aromatic heterocycles. The number of nitrogens with zero attached hydrogens (tertiary/aromatic N) is 2. The summed E-state index contributed by atoms with van der Waals surface area (Å²) in [6, 6.07) is 8.42. The van der Waals surface area contributed by atoms with Crippen LogP contribution in [0.5, 0.6) is 0 Å². The second kappa shape index (κ2) is 13.3. The Labute approximate surface area is 174 Å². The number of rotatable bonds is 6. The van der Waals surface area contributed by atoms with E-state index < -0.39 is 0 Å². The molecule has 0 saturated heterocycles. The molecule has 2 heterocycles. The zero-order chi connectivity index (χ0) is 20.9. The van der Waals surface area contributed by atoms with E-state index >= 15 is 0 Å². The van der Waals surface area contributed by atoms with Gasteiger partial charge in [-0.25, -0.2) is 0 Å². The van der Waals surface area contributed by atoms with Crippen LogP contribution in [0.15, 0.2) is 24.3 Å². The topological polar surface area (TPSA) is 71.1 Å². The molecule has 1 N–H and O–H groups in total. The van der Waals surface area contributed by atoms with Crippen LogP contribution in [0, 0.1) is 0 Å². The van der Waals surface area contributed by atoms with Crippen molar-refractivity contribution in [3.8, 4) is 0 Å². The molecule has 29 heavy (non-hydrogen) atoms. The van der Waals surface area contributed by atoms with Gasteiger partial charge in [-0.1, -0.05) is 24.3 Å². The number of hydrogen-bond donors (Lipinski definition) is 1. The molecule has 0 fully saturated rings. The number of nitrogens with one attached hydrogen (secondary N) is 1. The molecule has 0 atom stereocenters. The molecule has 0 saturated carbocycles. The van der Waals surface area contributed by atoms with Gasteiger partial charge in [0.15, 0.2) is 0 Å². The molecule has 2 bridgehead atoms. The van der Waals surface area contributed by atoms with Crippen LogP contribution in [0.2, 0.25) is 0 Å². The second-order valence-corrected chi connectivity index (χ2v) is 7.30. The minimum Gasteiger partial charge on any atom is -0.465 e. The number of fused-ring (bicyclic) bond motifs is 12. The van der Waals surface area contributed by atoms with Gasteiger partial charge in [0.25, 0.3) is 0 Å². The van der Waals surface area contributed by atoms with Gasteiger partial charge in [0, 0.05) is 26.2 Å². The highest BCUT2D eigenvalue weighted by Crippen LogP contribution is 2.11. The first-order valence-corrected chi connectivity index (χ1v) is 10.6. The highest BCUT2D eigenvalue weighted by atomic mass is 16.5. The van der Waals surface area contributed by atoms with Crippen molar-refractivity contribution in [2.45, 2.75) is 39.8 Å². The lowest BCUT2D eigenvalue weighted by molar-refractivity contribution is -0.145. The summed E-state index contributed by atoms with van der Waals surface area (Å²) >= 11 is 0. The first-order valence-electron chi connectivity index (χ1n) is 10.6. The van der Waals surface area contributed by atoms with Crippen LogP contribution in [0.3, 0.4) is 0 Å². The van der Waals surface area contributed by atoms with Crippen molar-refractivity contribution in [3.63, 3.8) is 0 Å². The van der Waals surface area contributed by atoms with Gasteiger partial charge < -0.3 is 14.8 Å². The molecule has 0 amide bonds. The average Bonchev–Trinajstić information content (AvgIpc) is 2.69. The Balaban J connectivity index is 2.05. The van der Waals surface area contributed by atoms with E-state index in [1.54, 1.807) is 0 Å². The molecule has 0 radical (unpaired) electrons. The SMILES string of the molecule is CCOC(=O)CN1CCCNCCCN(CC(=O)OCC)Cc2ccc(cc2)C1. The Hall–Kier alpha value is -1.96. The lowest BCUT2D eigenvalue weighted by Crippen LogP contribution is -2.34. The maximum Gasteiger partial charge on any atom is 0.320 e. The van der Waals surface area contributed by atoms with Crippen molar-refractivity contribution in [3.05, 3.63) is 35.4 Å². The molecule has 7 heteroatoms. The Kier molecular flexibility index (Phi) is 10.7. The maximum absolute atomic E-state index is 11.9.